The van der Waals surface area contributed by atoms with Gasteiger partial charge in [-0.3, -0.25) is 4.79 Å². The number of unbranched alkanes of at least 4 members (excludes halogenated alkanes) is 1. The van der Waals surface area contributed by atoms with Gasteiger partial charge in [0.25, 0.3) is 0 Å². The lowest BCUT2D eigenvalue weighted by atomic mass is 9.88. The number of aliphatic hydroxyl groups excluding tert-OH is 1. The average molecular weight is 393 g/mol. The van der Waals surface area contributed by atoms with Crippen LogP contribution in [0.2, 0.25) is 0 Å². The Labute approximate surface area is 170 Å². The fourth-order valence-electron chi connectivity index (χ4n) is 4.53. The van der Waals surface area contributed by atoms with Crippen LogP contribution >= 0.6 is 0 Å². The molecule has 160 valence electrons. The number of fused-ring (bicyclic) bond motifs is 1. The molecule has 5 heteroatoms. The van der Waals surface area contributed by atoms with E-state index in [2.05, 4.69) is 30.5 Å². The van der Waals surface area contributed by atoms with Crippen molar-refractivity contribution in [2.75, 3.05) is 27.2 Å². The van der Waals surface area contributed by atoms with Crippen molar-refractivity contribution in [1.29, 1.82) is 0 Å². The summed E-state index contributed by atoms with van der Waals surface area (Å²) < 4.78 is 0. The summed E-state index contributed by atoms with van der Waals surface area (Å²) in [5, 5.41) is 24.2. The number of hydrogen-bond acceptors (Lipinski definition) is 4. The van der Waals surface area contributed by atoms with Gasteiger partial charge in [0.05, 0.1) is 18.2 Å². The molecule has 2 aliphatic carbocycles. The summed E-state index contributed by atoms with van der Waals surface area (Å²) in [5.74, 6) is 1.22. The molecular formula is C23H40N2O3. The summed E-state index contributed by atoms with van der Waals surface area (Å²) in [6.45, 7) is 5.24. The first-order valence-corrected chi connectivity index (χ1v) is 10.9. The van der Waals surface area contributed by atoms with E-state index in [1.54, 1.807) is 19.0 Å². The van der Waals surface area contributed by atoms with Gasteiger partial charge in [0, 0.05) is 20.0 Å². The normalized spacial score (nSPS) is 29.0. The second-order valence-electron chi connectivity index (χ2n) is 9.18. The smallest absolute Gasteiger partial charge is 0.236 e. The zero-order valence-corrected chi connectivity index (χ0v) is 18.2. The predicted molar refractivity (Wildman–Crippen MR) is 114 cm³/mol. The van der Waals surface area contributed by atoms with Gasteiger partial charge in [-0.15, -0.1) is 0 Å². The number of amides is 1. The molecule has 0 saturated heterocycles. The molecule has 0 aromatic heterocycles. The summed E-state index contributed by atoms with van der Waals surface area (Å²) in [4.78, 5) is 13.2. The molecule has 0 heterocycles. The molecule has 5 nitrogen and oxygen atoms in total. The molecular weight excluding hydrogens is 352 g/mol. The number of carbonyl (C=O) groups is 1. The molecule has 28 heavy (non-hydrogen) atoms. The van der Waals surface area contributed by atoms with E-state index in [9.17, 15) is 15.0 Å². The van der Waals surface area contributed by atoms with Crippen LogP contribution in [0.15, 0.2) is 23.8 Å². The molecule has 0 radical (unpaired) electrons. The van der Waals surface area contributed by atoms with Crippen molar-refractivity contribution in [2.24, 2.45) is 17.8 Å². The Bertz CT molecular complexity index is 568. The standard InChI is InChI=1S/C23H40N2O3/c1-5-6-10-23(2,28)11-7-8-19-20-14-17(13-18(20)15-21(19)26)9-12-24-16-22(27)25(3)4/h7-8,13,18-21,24,26,28H,5-6,9-12,14-16H2,1-4H3/t18-,19+,20-,21+,23-/m0/s1. The Morgan fingerprint density at radius 2 is 2.18 bits per heavy atom. The highest BCUT2D eigenvalue weighted by Gasteiger charge is 2.43. The number of rotatable bonds is 11. The summed E-state index contributed by atoms with van der Waals surface area (Å²) in [6, 6.07) is 0. The number of nitrogens with one attached hydrogen (secondary N) is 1. The van der Waals surface area contributed by atoms with Crippen LogP contribution in [0.5, 0.6) is 0 Å². The lowest BCUT2D eigenvalue weighted by Crippen LogP contribution is -2.33. The largest absolute Gasteiger partial charge is 0.392 e. The molecule has 3 N–H and O–H groups in total. The van der Waals surface area contributed by atoms with Crippen molar-refractivity contribution in [3.63, 3.8) is 0 Å². The molecule has 2 aliphatic rings. The molecule has 0 aromatic carbocycles. The lowest BCUT2D eigenvalue weighted by Gasteiger charge is -2.22. The lowest BCUT2D eigenvalue weighted by molar-refractivity contribution is -0.127. The summed E-state index contributed by atoms with van der Waals surface area (Å²) >= 11 is 0. The third kappa shape index (κ3) is 6.71. The molecule has 0 aliphatic heterocycles. The highest BCUT2D eigenvalue weighted by molar-refractivity contribution is 5.77. The summed E-state index contributed by atoms with van der Waals surface area (Å²) in [5.41, 5.74) is 0.796. The monoisotopic (exact) mass is 392 g/mol. The zero-order valence-electron chi connectivity index (χ0n) is 18.2. The predicted octanol–water partition coefficient (Wildman–Crippen LogP) is 2.89. The third-order valence-corrected chi connectivity index (χ3v) is 6.33. The van der Waals surface area contributed by atoms with Gasteiger partial charge in [0.15, 0.2) is 0 Å². The Morgan fingerprint density at radius 1 is 1.43 bits per heavy atom. The van der Waals surface area contributed by atoms with Crippen molar-refractivity contribution in [3.8, 4) is 0 Å². The van der Waals surface area contributed by atoms with Crippen LogP contribution in [0.3, 0.4) is 0 Å². The van der Waals surface area contributed by atoms with Crippen molar-refractivity contribution in [3.05, 3.63) is 23.8 Å². The second-order valence-corrected chi connectivity index (χ2v) is 9.18. The summed E-state index contributed by atoms with van der Waals surface area (Å²) in [7, 11) is 3.54. The van der Waals surface area contributed by atoms with Gasteiger partial charge in [-0.2, -0.15) is 0 Å². The third-order valence-electron chi connectivity index (χ3n) is 6.33. The molecule has 1 fully saturated rings. The molecule has 0 bridgehead atoms. The Balaban J connectivity index is 1.78. The molecule has 5 atom stereocenters. The Morgan fingerprint density at radius 3 is 2.86 bits per heavy atom. The number of aliphatic hydroxyl groups is 2. The second kappa shape index (κ2) is 10.6. The fourth-order valence-corrected chi connectivity index (χ4v) is 4.53. The van der Waals surface area contributed by atoms with Crippen LogP contribution in [0.1, 0.15) is 58.8 Å². The van der Waals surface area contributed by atoms with Gasteiger partial charge in [-0.05, 0) is 57.4 Å². The van der Waals surface area contributed by atoms with Crippen molar-refractivity contribution >= 4 is 5.91 Å². The quantitative estimate of drug-likeness (QED) is 0.373. The minimum atomic E-state index is -0.649. The van der Waals surface area contributed by atoms with Gasteiger partial charge >= 0.3 is 0 Å². The number of hydrogen-bond donors (Lipinski definition) is 3. The van der Waals surface area contributed by atoms with Crippen LogP contribution in [-0.2, 0) is 4.79 Å². The number of carbonyl (C=O) groups excluding carboxylic acids is 1. The molecule has 1 amide bonds. The minimum absolute atomic E-state index is 0.0976. The van der Waals surface area contributed by atoms with E-state index < -0.39 is 5.60 Å². The summed E-state index contributed by atoms with van der Waals surface area (Å²) in [6.07, 6.45) is 12.8. The SMILES string of the molecule is CCCC[C@](C)(O)CC=C[C@@H]1[C@H]2CC(CCNCC(=O)N(C)C)=C[C@H]2C[C@H]1O. The van der Waals surface area contributed by atoms with E-state index in [-0.39, 0.29) is 17.9 Å². The van der Waals surface area contributed by atoms with Crippen LogP contribution in [0.4, 0.5) is 0 Å². The van der Waals surface area contributed by atoms with Gasteiger partial charge in [-0.1, -0.05) is 43.6 Å². The van der Waals surface area contributed by atoms with Crippen LogP contribution in [-0.4, -0.2) is 59.9 Å². The van der Waals surface area contributed by atoms with E-state index in [4.69, 9.17) is 0 Å². The van der Waals surface area contributed by atoms with E-state index in [1.807, 2.05) is 6.92 Å². The Hall–Kier alpha value is -1.17. The first-order chi connectivity index (χ1) is 13.2. The van der Waals surface area contributed by atoms with E-state index >= 15 is 0 Å². The number of likely N-dealkylation sites (N-methyl/N-ethyl adjacent to an activating group) is 1. The Kier molecular flexibility index (Phi) is 8.72. The first-order valence-electron chi connectivity index (χ1n) is 10.9. The topological polar surface area (TPSA) is 72.8 Å². The van der Waals surface area contributed by atoms with E-state index in [1.165, 1.54) is 5.57 Å². The molecule has 0 aromatic rings. The molecule has 2 rings (SSSR count). The maximum Gasteiger partial charge on any atom is 0.236 e. The van der Waals surface area contributed by atoms with Gasteiger partial charge in [0.2, 0.25) is 5.91 Å². The van der Waals surface area contributed by atoms with E-state index in [0.717, 1.165) is 45.1 Å². The van der Waals surface area contributed by atoms with Crippen LogP contribution in [0, 0.1) is 17.8 Å². The maximum atomic E-state index is 11.6. The highest BCUT2D eigenvalue weighted by Crippen LogP contribution is 2.47. The minimum Gasteiger partial charge on any atom is -0.392 e. The molecule has 0 unspecified atom stereocenters. The average Bonchev–Trinajstić information content (AvgIpc) is 3.14. The molecule has 0 spiro atoms. The highest BCUT2D eigenvalue weighted by atomic mass is 16.3. The van der Waals surface area contributed by atoms with Gasteiger partial charge in [-0.25, -0.2) is 0 Å². The van der Waals surface area contributed by atoms with Crippen LogP contribution in [0.25, 0.3) is 0 Å². The number of allylic oxidation sites excluding steroid dienone is 1. The first kappa shape index (κ1) is 23.1. The number of nitrogens with zero attached hydrogens (tertiary/aromatic N) is 1. The van der Waals surface area contributed by atoms with Crippen LogP contribution < -0.4 is 5.32 Å². The zero-order chi connectivity index (χ0) is 20.7. The van der Waals surface area contributed by atoms with Crippen molar-refractivity contribution in [1.82, 2.24) is 10.2 Å². The molecule has 1 saturated carbocycles. The van der Waals surface area contributed by atoms with Gasteiger partial charge < -0.3 is 20.4 Å². The van der Waals surface area contributed by atoms with Crippen molar-refractivity contribution in [2.45, 2.75) is 70.5 Å². The maximum absolute atomic E-state index is 11.6. The van der Waals surface area contributed by atoms with E-state index in [0.29, 0.717) is 24.8 Å². The van der Waals surface area contributed by atoms with Crippen molar-refractivity contribution < 1.29 is 15.0 Å². The van der Waals surface area contributed by atoms with Gasteiger partial charge in [0.1, 0.15) is 0 Å². The fraction of sp³-hybridized carbons (Fsp3) is 0.783.